The lowest BCUT2D eigenvalue weighted by atomic mass is 10.3. The normalized spacial score (nSPS) is 11.3. The van der Waals surface area contributed by atoms with Crippen LogP contribution in [0.2, 0.25) is 5.02 Å². The van der Waals surface area contributed by atoms with Crippen LogP contribution in [0.4, 0.5) is 0 Å². The Morgan fingerprint density at radius 2 is 2.17 bits per heavy atom. The number of nitrogens with zero attached hydrogens (tertiary/aromatic N) is 4. The Labute approximate surface area is 141 Å². The van der Waals surface area contributed by atoms with Crippen LogP contribution in [0.15, 0.2) is 48.0 Å². The fourth-order valence-corrected chi connectivity index (χ4v) is 2.16. The fraction of sp³-hybridized carbons (Fsp3) is 0.375. The summed E-state index contributed by atoms with van der Waals surface area (Å²) in [6, 6.07) is 7.36. The topological polar surface area (TPSA) is 54.7 Å². The summed E-state index contributed by atoms with van der Waals surface area (Å²) in [4.78, 5) is 10.3. The van der Waals surface area contributed by atoms with Crippen LogP contribution in [-0.4, -0.2) is 54.2 Å². The fourth-order valence-electron chi connectivity index (χ4n) is 2.04. The number of hydrogen-bond acceptors (Lipinski definition) is 3. The predicted octanol–water partition coefficient (Wildman–Crippen LogP) is 2.12. The van der Waals surface area contributed by atoms with Gasteiger partial charge in [-0.1, -0.05) is 11.6 Å². The Hall–Kier alpha value is -2.21. The molecule has 7 heteroatoms. The van der Waals surface area contributed by atoms with E-state index < -0.39 is 0 Å². The number of aromatic nitrogens is 2. The molecule has 1 heterocycles. The van der Waals surface area contributed by atoms with Crippen molar-refractivity contribution in [1.29, 1.82) is 0 Å². The highest BCUT2D eigenvalue weighted by Gasteiger charge is 2.05. The van der Waals surface area contributed by atoms with Gasteiger partial charge in [0.05, 0.1) is 12.9 Å². The van der Waals surface area contributed by atoms with Crippen LogP contribution in [0.5, 0.6) is 5.75 Å². The van der Waals surface area contributed by atoms with Crippen molar-refractivity contribution >= 4 is 17.6 Å². The summed E-state index contributed by atoms with van der Waals surface area (Å²) in [5.74, 6) is 1.65. The van der Waals surface area contributed by atoms with Gasteiger partial charge >= 0.3 is 0 Å². The molecule has 1 aromatic heterocycles. The second-order valence-electron chi connectivity index (χ2n) is 5.00. The summed E-state index contributed by atoms with van der Waals surface area (Å²) in [5, 5.41) is 4.02. The molecule has 0 saturated carbocycles. The number of rotatable bonds is 7. The molecule has 1 aromatic carbocycles. The lowest BCUT2D eigenvalue weighted by Crippen LogP contribution is -2.41. The van der Waals surface area contributed by atoms with E-state index in [4.69, 9.17) is 16.3 Å². The molecular weight excluding hydrogens is 314 g/mol. The standard InChI is InChI=1S/C16H22ClN5O/c1-18-16(20-8-10-22-9-7-19-13-22)21(2)11-12-23-15-5-3-14(17)4-6-15/h3-7,9,13H,8,10-12H2,1-2H3,(H,18,20). The molecule has 0 spiro atoms. The minimum absolute atomic E-state index is 0.570. The van der Waals surface area contributed by atoms with E-state index in [0.717, 1.165) is 31.3 Å². The molecule has 0 radical (unpaired) electrons. The van der Waals surface area contributed by atoms with E-state index in [9.17, 15) is 0 Å². The van der Waals surface area contributed by atoms with Gasteiger partial charge in [0.2, 0.25) is 0 Å². The first-order chi connectivity index (χ1) is 11.2. The minimum atomic E-state index is 0.570. The Morgan fingerprint density at radius 3 is 2.83 bits per heavy atom. The van der Waals surface area contributed by atoms with Crippen LogP contribution in [0.3, 0.4) is 0 Å². The quantitative estimate of drug-likeness (QED) is 0.622. The van der Waals surface area contributed by atoms with Crippen molar-refractivity contribution in [3.63, 3.8) is 0 Å². The number of benzene rings is 1. The van der Waals surface area contributed by atoms with Gasteiger partial charge in [-0.05, 0) is 24.3 Å². The summed E-state index contributed by atoms with van der Waals surface area (Å²) >= 11 is 5.85. The Morgan fingerprint density at radius 1 is 1.39 bits per heavy atom. The second-order valence-corrected chi connectivity index (χ2v) is 5.43. The van der Waals surface area contributed by atoms with Crippen LogP contribution in [0.1, 0.15) is 0 Å². The molecule has 0 bridgehead atoms. The molecule has 0 aliphatic rings. The van der Waals surface area contributed by atoms with E-state index in [1.165, 1.54) is 0 Å². The maximum atomic E-state index is 5.85. The van der Waals surface area contributed by atoms with E-state index in [-0.39, 0.29) is 0 Å². The van der Waals surface area contributed by atoms with Crippen LogP contribution >= 0.6 is 11.6 Å². The van der Waals surface area contributed by atoms with E-state index in [1.54, 1.807) is 19.6 Å². The highest BCUT2D eigenvalue weighted by molar-refractivity contribution is 6.30. The zero-order chi connectivity index (χ0) is 16.5. The maximum absolute atomic E-state index is 5.85. The van der Waals surface area contributed by atoms with Gasteiger partial charge in [-0.3, -0.25) is 4.99 Å². The molecule has 23 heavy (non-hydrogen) atoms. The Bertz CT molecular complexity index is 597. The molecule has 1 N–H and O–H groups in total. The number of imidazole rings is 1. The molecular formula is C16H22ClN5O. The number of aliphatic imine (C=N–C) groups is 1. The van der Waals surface area contributed by atoms with E-state index >= 15 is 0 Å². The summed E-state index contributed by atoms with van der Waals surface area (Å²) in [5.41, 5.74) is 0. The molecule has 2 rings (SSSR count). The SMILES string of the molecule is CN=C(NCCn1ccnc1)N(C)CCOc1ccc(Cl)cc1. The summed E-state index contributed by atoms with van der Waals surface area (Å²) in [6.07, 6.45) is 5.51. The molecule has 0 atom stereocenters. The third kappa shape index (κ3) is 5.83. The minimum Gasteiger partial charge on any atom is -0.492 e. The molecule has 0 saturated heterocycles. The highest BCUT2D eigenvalue weighted by Crippen LogP contribution is 2.15. The summed E-state index contributed by atoms with van der Waals surface area (Å²) in [7, 11) is 3.76. The van der Waals surface area contributed by atoms with Gasteiger partial charge in [0.1, 0.15) is 12.4 Å². The van der Waals surface area contributed by atoms with Crippen molar-refractivity contribution in [3.8, 4) is 5.75 Å². The molecule has 0 aliphatic carbocycles. The van der Waals surface area contributed by atoms with Gasteiger partial charge in [-0.25, -0.2) is 4.98 Å². The first-order valence-corrected chi connectivity index (χ1v) is 7.82. The zero-order valence-electron chi connectivity index (χ0n) is 13.4. The number of halogens is 1. The zero-order valence-corrected chi connectivity index (χ0v) is 14.2. The maximum Gasteiger partial charge on any atom is 0.193 e. The summed E-state index contributed by atoms with van der Waals surface area (Å²) < 4.78 is 7.71. The van der Waals surface area contributed by atoms with Gasteiger partial charge < -0.3 is 19.5 Å². The van der Waals surface area contributed by atoms with E-state index in [1.807, 2.05) is 47.0 Å². The van der Waals surface area contributed by atoms with Crippen molar-refractivity contribution in [2.75, 3.05) is 33.8 Å². The number of likely N-dealkylation sites (N-methyl/N-ethyl adjacent to an activating group) is 1. The summed E-state index contributed by atoms with van der Waals surface area (Å²) in [6.45, 7) is 2.92. The number of guanidine groups is 1. The Balaban J connectivity index is 1.69. The largest absolute Gasteiger partial charge is 0.492 e. The van der Waals surface area contributed by atoms with Crippen molar-refractivity contribution in [1.82, 2.24) is 19.8 Å². The third-order valence-corrected chi connectivity index (χ3v) is 3.55. The van der Waals surface area contributed by atoms with Gasteiger partial charge in [0, 0.05) is 44.6 Å². The van der Waals surface area contributed by atoms with Crippen LogP contribution < -0.4 is 10.1 Å². The van der Waals surface area contributed by atoms with Crippen molar-refractivity contribution < 1.29 is 4.74 Å². The van der Waals surface area contributed by atoms with Gasteiger partial charge in [0.25, 0.3) is 0 Å². The average Bonchev–Trinajstić information content (AvgIpc) is 3.06. The van der Waals surface area contributed by atoms with Crippen molar-refractivity contribution in [2.24, 2.45) is 4.99 Å². The highest BCUT2D eigenvalue weighted by atomic mass is 35.5. The predicted molar refractivity (Wildman–Crippen MR) is 93.2 cm³/mol. The molecule has 2 aromatic rings. The van der Waals surface area contributed by atoms with Gasteiger partial charge in [-0.2, -0.15) is 0 Å². The van der Waals surface area contributed by atoms with Gasteiger partial charge in [0.15, 0.2) is 5.96 Å². The Kier molecular flexibility index (Phi) is 6.75. The van der Waals surface area contributed by atoms with E-state index in [2.05, 4.69) is 15.3 Å². The lowest BCUT2D eigenvalue weighted by molar-refractivity contribution is 0.281. The second kappa shape index (κ2) is 9.05. The smallest absolute Gasteiger partial charge is 0.193 e. The molecule has 0 aliphatic heterocycles. The first kappa shape index (κ1) is 17.1. The van der Waals surface area contributed by atoms with Gasteiger partial charge in [-0.15, -0.1) is 0 Å². The lowest BCUT2D eigenvalue weighted by Gasteiger charge is -2.22. The molecule has 0 amide bonds. The molecule has 6 nitrogen and oxygen atoms in total. The van der Waals surface area contributed by atoms with E-state index in [0.29, 0.717) is 11.6 Å². The first-order valence-electron chi connectivity index (χ1n) is 7.45. The van der Waals surface area contributed by atoms with Crippen LogP contribution in [0, 0.1) is 0 Å². The van der Waals surface area contributed by atoms with Crippen LogP contribution in [-0.2, 0) is 6.54 Å². The number of hydrogen-bond donors (Lipinski definition) is 1. The molecule has 0 fully saturated rings. The number of ether oxygens (including phenoxy) is 1. The van der Waals surface area contributed by atoms with Crippen molar-refractivity contribution in [2.45, 2.75) is 6.54 Å². The van der Waals surface area contributed by atoms with Crippen LogP contribution in [0.25, 0.3) is 0 Å². The third-order valence-electron chi connectivity index (χ3n) is 3.29. The average molecular weight is 336 g/mol. The molecule has 0 unspecified atom stereocenters. The number of nitrogens with one attached hydrogen (secondary N) is 1. The molecule has 124 valence electrons. The van der Waals surface area contributed by atoms with Crippen molar-refractivity contribution in [3.05, 3.63) is 48.0 Å². The monoisotopic (exact) mass is 335 g/mol.